The molecule has 1 fully saturated rings. The summed E-state index contributed by atoms with van der Waals surface area (Å²) in [5.41, 5.74) is 1.38. The van der Waals surface area contributed by atoms with Crippen LogP contribution in [0, 0.1) is 12.7 Å². The monoisotopic (exact) mass is 542 g/mol. The van der Waals surface area contributed by atoms with Crippen LogP contribution >= 0.6 is 11.3 Å². The summed E-state index contributed by atoms with van der Waals surface area (Å²) in [5.74, 6) is -0.845. The Morgan fingerprint density at radius 2 is 1.78 bits per heavy atom. The Morgan fingerprint density at radius 1 is 1.11 bits per heavy atom. The van der Waals surface area contributed by atoms with Gasteiger partial charge in [0.1, 0.15) is 17.2 Å². The average molecular weight is 543 g/mol. The third-order valence-electron chi connectivity index (χ3n) is 6.05. The Bertz CT molecular complexity index is 1620. The Morgan fingerprint density at radius 3 is 2.46 bits per heavy atom. The zero-order chi connectivity index (χ0) is 26.2. The molecule has 5 rings (SSSR count). The number of aryl methyl sites for hydroxylation is 1. The van der Waals surface area contributed by atoms with E-state index in [-0.39, 0.29) is 22.8 Å². The minimum Gasteiger partial charge on any atom is -0.379 e. The lowest BCUT2D eigenvalue weighted by atomic mass is 10.0. The molecule has 2 aromatic carbocycles. The molecule has 4 aromatic rings. The Kier molecular flexibility index (Phi) is 6.90. The van der Waals surface area contributed by atoms with Crippen LogP contribution < -0.4 is 10.9 Å². The molecule has 1 amide bonds. The largest absolute Gasteiger partial charge is 0.379 e. The lowest BCUT2D eigenvalue weighted by Gasteiger charge is -2.26. The first-order valence-corrected chi connectivity index (χ1v) is 13.7. The number of sulfonamides is 1. The molecule has 1 aliphatic heterocycles. The number of hydrogen-bond acceptors (Lipinski definition) is 7. The number of nitrogens with zero attached hydrogens (tertiary/aromatic N) is 3. The lowest BCUT2D eigenvalue weighted by molar-refractivity contribution is -0.116. The molecule has 0 aliphatic carbocycles. The van der Waals surface area contributed by atoms with Gasteiger partial charge in [-0.1, -0.05) is 12.1 Å². The van der Waals surface area contributed by atoms with Crippen molar-refractivity contribution < 1.29 is 22.3 Å². The van der Waals surface area contributed by atoms with Crippen LogP contribution in [0.2, 0.25) is 0 Å². The topological polar surface area (TPSA) is 111 Å². The van der Waals surface area contributed by atoms with E-state index < -0.39 is 15.9 Å². The maximum Gasteiger partial charge on any atom is 0.263 e. The van der Waals surface area contributed by atoms with Crippen molar-refractivity contribution in [3.05, 3.63) is 75.9 Å². The number of morpholine rings is 1. The first-order chi connectivity index (χ1) is 17.7. The van der Waals surface area contributed by atoms with Gasteiger partial charge in [0, 0.05) is 29.2 Å². The number of benzene rings is 2. The van der Waals surface area contributed by atoms with Crippen molar-refractivity contribution >= 4 is 43.2 Å². The van der Waals surface area contributed by atoms with Crippen molar-refractivity contribution in [1.29, 1.82) is 0 Å². The Labute approximate surface area is 216 Å². The van der Waals surface area contributed by atoms with Crippen LogP contribution in [0.15, 0.2) is 64.5 Å². The molecule has 0 spiro atoms. The molecule has 1 N–H and O–H groups in total. The van der Waals surface area contributed by atoms with Gasteiger partial charge in [-0.3, -0.25) is 14.2 Å². The highest BCUT2D eigenvalue weighted by molar-refractivity contribution is 7.89. The average Bonchev–Trinajstić information content (AvgIpc) is 3.23. The lowest BCUT2D eigenvalue weighted by Crippen LogP contribution is -2.40. The number of rotatable bonds is 6. The van der Waals surface area contributed by atoms with E-state index in [0.717, 1.165) is 4.88 Å². The standard InChI is InChI=1S/C25H23FN4O5S2/c1-16-22(17-2-4-18(26)5-3-17)23-24(36-16)27-15-29(25(23)32)14-21(31)28-19-6-8-20(9-7-19)37(33,34)30-10-12-35-13-11-30/h2-9,15H,10-14H2,1H3,(H,28,31). The number of carbonyl (C=O) groups is 1. The van der Waals surface area contributed by atoms with Crippen molar-refractivity contribution in [2.75, 3.05) is 31.6 Å². The third kappa shape index (κ3) is 5.05. The minimum absolute atomic E-state index is 0.124. The van der Waals surface area contributed by atoms with Gasteiger partial charge in [0.05, 0.1) is 29.8 Å². The van der Waals surface area contributed by atoms with E-state index >= 15 is 0 Å². The molecular formula is C25H23FN4O5S2. The van der Waals surface area contributed by atoms with Gasteiger partial charge in [0.15, 0.2) is 0 Å². The zero-order valence-corrected chi connectivity index (χ0v) is 21.4. The van der Waals surface area contributed by atoms with Gasteiger partial charge < -0.3 is 10.1 Å². The predicted molar refractivity (Wildman–Crippen MR) is 139 cm³/mol. The first-order valence-electron chi connectivity index (χ1n) is 11.5. The molecule has 37 heavy (non-hydrogen) atoms. The second-order valence-electron chi connectivity index (χ2n) is 8.49. The molecule has 0 bridgehead atoms. The summed E-state index contributed by atoms with van der Waals surface area (Å²) in [4.78, 5) is 31.9. The number of thiophene rings is 1. The molecule has 1 aliphatic rings. The van der Waals surface area contributed by atoms with Crippen LogP contribution in [-0.4, -0.2) is 54.5 Å². The number of aromatic nitrogens is 2. The van der Waals surface area contributed by atoms with Crippen LogP contribution in [0.25, 0.3) is 21.3 Å². The number of nitrogens with one attached hydrogen (secondary N) is 1. The fourth-order valence-electron chi connectivity index (χ4n) is 4.22. The van der Waals surface area contributed by atoms with Crippen LogP contribution in [0.1, 0.15) is 4.88 Å². The quantitative estimate of drug-likeness (QED) is 0.401. The van der Waals surface area contributed by atoms with Crippen LogP contribution in [0.5, 0.6) is 0 Å². The van der Waals surface area contributed by atoms with E-state index in [1.807, 2.05) is 6.92 Å². The van der Waals surface area contributed by atoms with E-state index in [1.165, 1.54) is 62.9 Å². The number of ether oxygens (including phenoxy) is 1. The van der Waals surface area contributed by atoms with Crippen LogP contribution in [0.4, 0.5) is 10.1 Å². The van der Waals surface area contributed by atoms with Gasteiger partial charge in [0.2, 0.25) is 15.9 Å². The minimum atomic E-state index is -3.64. The summed E-state index contributed by atoms with van der Waals surface area (Å²) in [6.07, 6.45) is 1.33. The predicted octanol–water partition coefficient (Wildman–Crippen LogP) is 3.23. The van der Waals surface area contributed by atoms with E-state index in [4.69, 9.17) is 4.74 Å². The van der Waals surface area contributed by atoms with E-state index in [0.29, 0.717) is 53.3 Å². The molecule has 192 valence electrons. The van der Waals surface area contributed by atoms with Crippen molar-refractivity contribution in [3.63, 3.8) is 0 Å². The molecule has 2 aromatic heterocycles. The van der Waals surface area contributed by atoms with Crippen LogP contribution in [0.3, 0.4) is 0 Å². The van der Waals surface area contributed by atoms with Crippen molar-refractivity contribution in [2.24, 2.45) is 0 Å². The SMILES string of the molecule is Cc1sc2ncn(CC(=O)Nc3ccc(S(=O)(=O)N4CCOCC4)cc3)c(=O)c2c1-c1ccc(F)cc1. The summed E-state index contributed by atoms with van der Waals surface area (Å²) in [5, 5.41) is 3.06. The van der Waals surface area contributed by atoms with Gasteiger partial charge in [-0.2, -0.15) is 4.31 Å². The second kappa shape index (κ2) is 10.1. The fraction of sp³-hybridized carbons (Fsp3) is 0.240. The van der Waals surface area contributed by atoms with E-state index in [1.54, 1.807) is 12.1 Å². The van der Waals surface area contributed by atoms with Gasteiger partial charge in [-0.15, -0.1) is 11.3 Å². The summed E-state index contributed by atoms with van der Waals surface area (Å²) in [6.45, 7) is 2.87. The first kappa shape index (κ1) is 25.2. The summed E-state index contributed by atoms with van der Waals surface area (Å²) < 4.78 is 46.8. The van der Waals surface area contributed by atoms with Crippen molar-refractivity contribution in [3.8, 4) is 11.1 Å². The normalized spacial score (nSPS) is 14.6. The number of amides is 1. The molecule has 0 unspecified atom stereocenters. The number of fused-ring (bicyclic) bond motifs is 1. The maximum atomic E-state index is 13.4. The van der Waals surface area contributed by atoms with Crippen molar-refractivity contribution in [2.45, 2.75) is 18.4 Å². The number of carbonyl (C=O) groups excluding carboxylic acids is 1. The number of anilines is 1. The van der Waals surface area contributed by atoms with E-state index in [9.17, 15) is 22.4 Å². The highest BCUT2D eigenvalue weighted by atomic mass is 32.2. The molecular weight excluding hydrogens is 519 g/mol. The molecule has 9 nitrogen and oxygen atoms in total. The Hall–Kier alpha value is -3.45. The molecule has 0 radical (unpaired) electrons. The fourth-order valence-corrected chi connectivity index (χ4v) is 6.63. The summed E-state index contributed by atoms with van der Waals surface area (Å²) in [6, 6.07) is 11.8. The molecule has 0 saturated carbocycles. The molecule has 0 atom stereocenters. The molecule has 3 heterocycles. The second-order valence-corrected chi connectivity index (χ2v) is 11.6. The number of hydrogen-bond donors (Lipinski definition) is 1. The molecule has 12 heteroatoms. The highest BCUT2D eigenvalue weighted by Gasteiger charge is 2.26. The van der Waals surface area contributed by atoms with Gasteiger partial charge in [0.25, 0.3) is 5.56 Å². The van der Waals surface area contributed by atoms with Crippen LogP contribution in [-0.2, 0) is 26.1 Å². The Balaban J connectivity index is 1.35. The number of halogens is 1. The summed E-state index contributed by atoms with van der Waals surface area (Å²) in [7, 11) is -3.64. The maximum absolute atomic E-state index is 13.4. The van der Waals surface area contributed by atoms with Gasteiger partial charge in [-0.05, 0) is 48.9 Å². The van der Waals surface area contributed by atoms with Gasteiger partial charge in [-0.25, -0.2) is 17.8 Å². The van der Waals surface area contributed by atoms with Crippen molar-refractivity contribution in [1.82, 2.24) is 13.9 Å². The van der Waals surface area contributed by atoms with Gasteiger partial charge >= 0.3 is 0 Å². The third-order valence-corrected chi connectivity index (χ3v) is 8.97. The summed E-state index contributed by atoms with van der Waals surface area (Å²) >= 11 is 1.36. The molecule has 1 saturated heterocycles. The highest BCUT2D eigenvalue weighted by Crippen LogP contribution is 2.35. The smallest absolute Gasteiger partial charge is 0.263 e. The zero-order valence-electron chi connectivity index (χ0n) is 19.8. The van der Waals surface area contributed by atoms with E-state index in [2.05, 4.69) is 10.3 Å².